The molecule has 1 aliphatic rings. The van der Waals surface area contributed by atoms with Gasteiger partial charge >= 0.3 is 0 Å². The van der Waals surface area contributed by atoms with Crippen molar-refractivity contribution >= 4 is 11.6 Å². The quantitative estimate of drug-likeness (QED) is 0.615. The summed E-state index contributed by atoms with van der Waals surface area (Å²) < 4.78 is 0. The Morgan fingerprint density at radius 3 is 2.83 bits per heavy atom. The smallest absolute Gasteiger partial charge is 0.0235 e. The predicted molar refractivity (Wildman–Crippen MR) is 54.8 cm³/mol. The third-order valence-electron chi connectivity index (χ3n) is 2.76. The summed E-state index contributed by atoms with van der Waals surface area (Å²) in [6, 6.07) is 0.827. The molecule has 0 aliphatic carbocycles. The molecule has 1 nitrogen and oxygen atoms in total. The van der Waals surface area contributed by atoms with Crippen molar-refractivity contribution in [2.24, 2.45) is 5.92 Å². The molecule has 0 saturated carbocycles. The van der Waals surface area contributed by atoms with Crippen molar-refractivity contribution in [2.45, 2.75) is 39.2 Å². The first-order valence-corrected chi connectivity index (χ1v) is 5.59. The van der Waals surface area contributed by atoms with Crippen LogP contribution in [-0.2, 0) is 0 Å². The van der Waals surface area contributed by atoms with Crippen molar-refractivity contribution in [3.8, 4) is 0 Å². The van der Waals surface area contributed by atoms with Gasteiger partial charge in [0.25, 0.3) is 0 Å². The van der Waals surface area contributed by atoms with E-state index in [4.69, 9.17) is 11.6 Å². The van der Waals surface area contributed by atoms with Gasteiger partial charge in [0.05, 0.1) is 0 Å². The Morgan fingerprint density at radius 1 is 1.50 bits per heavy atom. The van der Waals surface area contributed by atoms with Gasteiger partial charge in [0.15, 0.2) is 0 Å². The van der Waals surface area contributed by atoms with E-state index < -0.39 is 0 Å². The first-order valence-electron chi connectivity index (χ1n) is 5.05. The van der Waals surface area contributed by atoms with Crippen molar-refractivity contribution in [3.05, 3.63) is 0 Å². The number of nitrogens with zero attached hydrogens (tertiary/aromatic N) is 1. The molecule has 1 aliphatic heterocycles. The molecule has 12 heavy (non-hydrogen) atoms. The highest BCUT2D eigenvalue weighted by molar-refractivity contribution is 6.17. The summed E-state index contributed by atoms with van der Waals surface area (Å²) in [5.41, 5.74) is 0. The fourth-order valence-electron chi connectivity index (χ4n) is 2.15. The van der Waals surface area contributed by atoms with Gasteiger partial charge in [0, 0.05) is 11.9 Å². The first-order chi connectivity index (χ1) is 5.75. The molecule has 1 heterocycles. The van der Waals surface area contributed by atoms with Crippen molar-refractivity contribution in [3.63, 3.8) is 0 Å². The average Bonchev–Trinajstić information content (AvgIpc) is 2.48. The molecule has 1 atom stereocenters. The summed E-state index contributed by atoms with van der Waals surface area (Å²) in [6.45, 7) is 7.14. The van der Waals surface area contributed by atoms with Crippen LogP contribution >= 0.6 is 11.6 Å². The number of alkyl halides is 1. The molecule has 0 aromatic heterocycles. The van der Waals surface area contributed by atoms with Gasteiger partial charge in [-0.1, -0.05) is 13.8 Å². The summed E-state index contributed by atoms with van der Waals surface area (Å²) in [7, 11) is 0. The van der Waals surface area contributed by atoms with E-state index in [0.29, 0.717) is 0 Å². The number of likely N-dealkylation sites (tertiary alicyclic amines) is 1. The van der Waals surface area contributed by atoms with Crippen molar-refractivity contribution in [1.29, 1.82) is 0 Å². The Hall–Kier alpha value is 0.250. The second-order valence-electron chi connectivity index (χ2n) is 4.03. The van der Waals surface area contributed by atoms with E-state index in [0.717, 1.165) is 24.3 Å². The highest BCUT2D eigenvalue weighted by atomic mass is 35.5. The van der Waals surface area contributed by atoms with Gasteiger partial charge in [-0.3, -0.25) is 0 Å². The molecule has 72 valence electrons. The molecule has 0 N–H and O–H groups in total. The van der Waals surface area contributed by atoms with Crippen molar-refractivity contribution < 1.29 is 0 Å². The van der Waals surface area contributed by atoms with Gasteiger partial charge in [0.1, 0.15) is 0 Å². The highest BCUT2D eigenvalue weighted by Crippen LogP contribution is 2.23. The second-order valence-corrected chi connectivity index (χ2v) is 4.41. The van der Waals surface area contributed by atoms with Gasteiger partial charge in [-0.25, -0.2) is 0 Å². The summed E-state index contributed by atoms with van der Waals surface area (Å²) in [4.78, 5) is 2.60. The average molecular weight is 190 g/mol. The Kier molecular flexibility index (Phi) is 4.38. The topological polar surface area (TPSA) is 3.24 Å². The maximum Gasteiger partial charge on any atom is 0.0235 e. The normalized spacial score (nSPS) is 25.5. The van der Waals surface area contributed by atoms with Crippen LogP contribution in [0.15, 0.2) is 0 Å². The zero-order valence-corrected chi connectivity index (χ0v) is 8.98. The minimum atomic E-state index is 0.807. The van der Waals surface area contributed by atoms with Crippen LogP contribution in [0.3, 0.4) is 0 Å². The third-order valence-corrected chi connectivity index (χ3v) is 3.03. The summed E-state index contributed by atoms with van der Waals surface area (Å²) in [6.07, 6.45) is 3.91. The molecule has 2 heteroatoms. The summed E-state index contributed by atoms with van der Waals surface area (Å²) in [5.74, 6) is 1.62. The Bertz CT molecular complexity index is 125. The number of hydrogen-bond acceptors (Lipinski definition) is 1. The van der Waals surface area contributed by atoms with E-state index in [1.807, 2.05) is 0 Å². The van der Waals surface area contributed by atoms with E-state index >= 15 is 0 Å². The van der Waals surface area contributed by atoms with Gasteiger partial charge in [-0.05, 0) is 38.3 Å². The molecule has 0 radical (unpaired) electrons. The SMILES string of the molecule is CC(C)C1CCCN1CCCCl. The molecule has 0 aromatic rings. The number of rotatable bonds is 4. The van der Waals surface area contributed by atoms with E-state index in [2.05, 4.69) is 18.7 Å². The monoisotopic (exact) mass is 189 g/mol. The standard InChI is InChI=1S/C10H20ClN/c1-9(2)10-5-3-7-12(10)8-4-6-11/h9-10H,3-8H2,1-2H3. The summed E-state index contributed by atoms with van der Waals surface area (Å²) >= 11 is 5.68. The summed E-state index contributed by atoms with van der Waals surface area (Å²) in [5, 5.41) is 0. The fourth-order valence-corrected chi connectivity index (χ4v) is 2.27. The van der Waals surface area contributed by atoms with E-state index in [1.54, 1.807) is 0 Å². The van der Waals surface area contributed by atoms with E-state index in [-0.39, 0.29) is 0 Å². The molecule has 1 unspecified atom stereocenters. The molecule has 0 bridgehead atoms. The Balaban J connectivity index is 2.30. The minimum Gasteiger partial charge on any atom is -0.300 e. The van der Waals surface area contributed by atoms with Gasteiger partial charge < -0.3 is 4.90 Å². The Labute approximate surface area is 81.1 Å². The van der Waals surface area contributed by atoms with Crippen molar-refractivity contribution in [1.82, 2.24) is 4.90 Å². The molecule has 1 fully saturated rings. The second kappa shape index (κ2) is 5.08. The fraction of sp³-hybridized carbons (Fsp3) is 1.00. The van der Waals surface area contributed by atoms with Crippen LogP contribution in [0.2, 0.25) is 0 Å². The van der Waals surface area contributed by atoms with E-state index in [9.17, 15) is 0 Å². The van der Waals surface area contributed by atoms with Crippen LogP contribution < -0.4 is 0 Å². The molecule has 0 amide bonds. The minimum absolute atomic E-state index is 0.807. The number of halogens is 1. The van der Waals surface area contributed by atoms with Crippen LogP contribution in [0.5, 0.6) is 0 Å². The lowest BCUT2D eigenvalue weighted by molar-refractivity contribution is 0.207. The molecule has 0 aromatic carbocycles. The Morgan fingerprint density at radius 2 is 2.25 bits per heavy atom. The van der Waals surface area contributed by atoms with E-state index in [1.165, 1.54) is 25.9 Å². The lowest BCUT2D eigenvalue weighted by Gasteiger charge is -2.27. The zero-order valence-electron chi connectivity index (χ0n) is 8.22. The largest absolute Gasteiger partial charge is 0.300 e. The van der Waals surface area contributed by atoms with Crippen LogP contribution in [0.1, 0.15) is 33.1 Å². The van der Waals surface area contributed by atoms with Gasteiger partial charge in [-0.2, -0.15) is 0 Å². The van der Waals surface area contributed by atoms with Crippen LogP contribution in [0.25, 0.3) is 0 Å². The highest BCUT2D eigenvalue weighted by Gasteiger charge is 2.25. The molecule has 1 saturated heterocycles. The van der Waals surface area contributed by atoms with Gasteiger partial charge in [-0.15, -0.1) is 11.6 Å². The van der Waals surface area contributed by atoms with Crippen LogP contribution in [0.4, 0.5) is 0 Å². The third kappa shape index (κ3) is 2.63. The lowest BCUT2D eigenvalue weighted by Crippen LogP contribution is -2.34. The first kappa shape index (κ1) is 10.3. The molecular weight excluding hydrogens is 170 g/mol. The van der Waals surface area contributed by atoms with Gasteiger partial charge in [0.2, 0.25) is 0 Å². The number of hydrogen-bond donors (Lipinski definition) is 0. The van der Waals surface area contributed by atoms with Crippen molar-refractivity contribution in [2.75, 3.05) is 19.0 Å². The molecular formula is C10H20ClN. The molecule has 1 rings (SSSR count). The van der Waals surface area contributed by atoms with Crippen LogP contribution in [0, 0.1) is 5.92 Å². The van der Waals surface area contributed by atoms with Crippen LogP contribution in [-0.4, -0.2) is 29.9 Å². The zero-order chi connectivity index (χ0) is 8.97. The predicted octanol–water partition coefficient (Wildman–Crippen LogP) is 2.74. The molecule has 0 spiro atoms. The maximum absolute atomic E-state index is 5.68. The maximum atomic E-state index is 5.68. The lowest BCUT2D eigenvalue weighted by atomic mass is 10.0.